The number of hydrogen-bond donors (Lipinski definition) is 1. The Hall–Kier alpha value is -4.14. The molecule has 9 heteroatoms. The van der Waals surface area contributed by atoms with Crippen molar-refractivity contribution < 1.29 is 37.0 Å². The maximum Gasteiger partial charge on any atom is 0.416 e. The lowest BCUT2D eigenvalue weighted by atomic mass is 10.1. The molecular weight excluding hydrogens is 571 g/mol. The molecular formula is C35H44F3NO5. The summed E-state index contributed by atoms with van der Waals surface area (Å²) in [6, 6.07) is 2.19. The molecule has 0 unspecified atom stereocenters. The zero-order valence-corrected chi connectivity index (χ0v) is 25.6. The number of halogens is 3. The van der Waals surface area contributed by atoms with Gasteiger partial charge in [0.05, 0.1) is 12.2 Å². The van der Waals surface area contributed by atoms with Gasteiger partial charge in [-0.05, 0) is 69.6 Å². The van der Waals surface area contributed by atoms with Crippen LogP contribution in [0.25, 0.3) is 0 Å². The van der Waals surface area contributed by atoms with Gasteiger partial charge in [0.15, 0.2) is 0 Å². The van der Waals surface area contributed by atoms with Gasteiger partial charge in [0, 0.05) is 19.9 Å². The summed E-state index contributed by atoms with van der Waals surface area (Å²) < 4.78 is 48.7. The first-order chi connectivity index (χ1) is 21.1. The van der Waals surface area contributed by atoms with Gasteiger partial charge in [-0.3, -0.25) is 9.59 Å². The van der Waals surface area contributed by atoms with Gasteiger partial charge in [0.1, 0.15) is 11.3 Å². The van der Waals surface area contributed by atoms with E-state index in [9.17, 15) is 27.6 Å². The number of nitrogens with one attached hydrogen (secondary N) is 1. The quantitative estimate of drug-likeness (QED) is 0.0686. The van der Waals surface area contributed by atoms with Crippen LogP contribution in [0.4, 0.5) is 13.2 Å². The van der Waals surface area contributed by atoms with Crippen LogP contribution >= 0.6 is 0 Å². The number of hydrogen-bond acceptors (Lipinski definition) is 5. The zero-order chi connectivity index (χ0) is 32.5. The number of carbonyl (C=O) groups excluding carboxylic acids is 3. The Kier molecular flexibility index (Phi) is 20.1. The third-order valence-corrected chi connectivity index (χ3v) is 5.79. The molecule has 1 aromatic carbocycles. The molecule has 44 heavy (non-hydrogen) atoms. The molecule has 0 radical (unpaired) electrons. The molecule has 1 amide bonds. The minimum atomic E-state index is -4.67. The molecule has 0 spiro atoms. The molecule has 0 heterocycles. The Balaban J connectivity index is 2.16. The van der Waals surface area contributed by atoms with E-state index in [1.165, 1.54) is 0 Å². The molecule has 0 aromatic heterocycles. The van der Waals surface area contributed by atoms with Crippen molar-refractivity contribution in [3.8, 4) is 5.75 Å². The number of allylic oxidation sites excluding steroid dienone is 12. The summed E-state index contributed by atoms with van der Waals surface area (Å²) in [6.45, 7) is 3.33. The van der Waals surface area contributed by atoms with Crippen molar-refractivity contribution in [2.45, 2.75) is 77.8 Å². The van der Waals surface area contributed by atoms with Crippen LogP contribution < -0.4 is 10.1 Å². The maximum absolute atomic E-state index is 12.9. The minimum absolute atomic E-state index is 0.0766. The molecule has 0 saturated heterocycles. The largest absolute Gasteiger partial charge is 0.462 e. The third-order valence-electron chi connectivity index (χ3n) is 5.79. The van der Waals surface area contributed by atoms with Crippen LogP contribution in [0.1, 0.15) is 87.6 Å². The van der Waals surface area contributed by atoms with Crippen LogP contribution in [0.3, 0.4) is 0 Å². The third kappa shape index (κ3) is 19.1. The van der Waals surface area contributed by atoms with Crippen LogP contribution in [-0.4, -0.2) is 31.0 Å². The zero-order valence-electron chi connectivity index (χ0n) is 25.6. The summed E-state index contributed by atoms with van der Waals surface area (Å²) in [4.78, 5) is 35.5. The highest BCUT2D eigenvalue weighted by atomic mass is 19.4. The van der Waals surface area contributed by atoms with E-state index in [4.69, 9.17) is 9.47 Å². The fourth-order valence-electron chi connectivity index (χ4n) is 3.59. The first-order valence-corrected chi connectivity index (χ1v) is 14.9. The number of rotatable bonds is 20. The second kappa shape index (κ2) is 23.3. The molecule has 0 aliphatic carbocycles. The smallest absolute Gasteiger partial charge is 0.416 e. The lowest BCUT2D eigenvalue weighted by Gasteiger charge is -2.13. The van der Waals surface area contributed by atoms with Crippen molar-refractivity contribution in [2.24, 2.45) is 0 Å². The second-order valence-corrected chi connectivity index (χ2v) is 9.60. The van der Waals surface area contributed by atoms with E-state index in [1.54, 1.807) is 0 Å². The van der Waals surface area contributed by atoms with Crippen molar-refractivity contribution in [2.75, 3.05) is 13.2 Å². The fourth-order valence-corrected chi connectivity index (χ4v) is 3.59. The minimum Gasteiger partial charge on any atom is -0.462 e. The highest BCUT2D eigenvalue weighted by Crippen LogP contribution is 2.33. The van der Waals surface area contributed by atoms with Gasteiger partial charge >= 0.3 is 18.1 Å². The highest BCUT2D eigenvalue weighted by Gasteiger charge is 2.32. The molecule has 0 fully saturated rings. The van der Waals surface area contributed by atoms with E-state index in [0.717, 1.165) is 51.5 Å². The second-order valence-electron chi connectivity index (χ2n) is 9.60. The number of esters is 2. The number of benzene rings is 1. The molecule has 0 saturated carbocycles. The summed E-state index contributed by atoms with van der Waals surface area (Å²) in [5.41, 5.74) is -1.36. The Labute approximate surface area is 259 Å². The monoisotopic (exact) mass is 615 g/mol. The van der Waals surface area contributed by atoms with Gasteiger partial charge in [-0.25, -0.2) is 4.79 Å². The van der Waals surface area contributed by atoms with Crippen molar-refractivity contribution in [1.29, 1.82) is 0 Å². The highest BCUT2D eigenvalue weighted by molar-refractivity contribution is 5.93. The first kappa shape index (κ1) is 37.9. The Morgan fingerprint density at radius 1 is 0.795 bits per heavy atom. The standard InChI is InChI=1S/C35H44F3NO5/c1-3-4-5-6-7-8-9-10-11-12-13-14-15-16-17-18-19-20-21-23-33(41)39-26-22-27-43-34(42)31-25-24-30(35(36,37)38)28-32(31)44-29(2)40/h4-5,7-8,10-11,13-14,16-17,19-20,24-25,28H,3,6,9,12,15,18,21-23,26-27H2,1-2H3,(H,39,41). The van der Waals surface area contributed by atoms with E-state index < -0.39 is 29.4 Å². The average molecular weight is 616 g/mol. The van der Waals surface area contributed by atoms with Crippen LogP contribution in [0.15, 0.2) is 91.1 Å². The van der Waals surface area contributed by atoms with E-state index >= 15 is 0 Å². The van der Waals surface area contributed by atoms with Crippen molar-refractivity contribution in [3.63, 3.8) is 0 Å². The van der Waals surface area contributed by atoms with Crippen LogP contribution in [-0.2, 0) is 20.5 Å². The molecule has 6 nitrogen and oxygen atoms in total. The van der Waals surface area contributed by atoms with Crippen LogP contribution in [0.2, 0.25) is 0 Å². The molecule has 1 N–H and O–H groups in total. The first-order valence-electron chi connectivity index (χ1n) is 14.9. The lowest BCUT2D eigenvalue weighted by molar-refractivity contribution is -0.138. The van der Waals surface area contributed by atoms with E-state index in [1.807, 2.05) is 12.2 Å². The molecule has 0 atom stereocenters. The Morgan fingerprint density at radius 2 is 1.32 bits per heavy atom. The number of alkyl halides is 3. The Morgan fingerprint density at radius 3 is 1.82 bits per heavy atom. The fraction of sp³-hybridized carbons (Fsp3) is 0.400. The van der Waals surface area contributed by atoms with Crippen molar-refractivity contribution in [3.05, 3.63) is 102 Å². The van der Waals surface area contributed by atoms with Gasteiger partial charge in [0.2, 0.25) is 5.91 Å². The predicted octanol–water partition coefficient (Wildman–Crippen LogP) is 8.77. The summed E-state index contributed by atoms with van der Waals surface area (Å²) in [5, 5.41) is 2.73. The predicted molar refractivity (Wildman–Crippen MR) is 168 cm³/mol. The SMILES string of the molecule is CCC=CCC=CCC=CCC=CCC=CCC=CCCC(=O)NCCCOC(=O)c1ccc(C(F)(F)F)cc1OC(C)=O. The maximum atomic E-state index is 12.9. The van der Waals surface area contributed by atoms with Crippen LogP contribution in [0, 0.1) is 0 Å². The molecule has 0 aliphatic heterocycles. The van der Waals surface area contributed by atoms with E-state index in [0.29, 0.717) is 31.4 Å². The normalized spacial score (nSPS) is 12.5. The molecule has 240 valence electrons. The van der Waals surface area contributed by atoms with Crippen LogP contribution in [0.5, 0.6) is 5.75 Å². The van der Waals surface area contributed by atoms with Gasteiger partial charge in [0.25, 0.3) is 0 Å². The molecule has 1 rings (SSSR count). The van der Waals surface area contributed by atoms with Crippen molar-refractivity contribution >= 4 is 17.8 Å². The Bertz CT molecular complexity index is 1190. The van der Waals surface area contributed by atoms with E-state index in [-0.39, 0.29) is 24.6 Å². The summed E-state index contributed by atoms with van der Waals surface area (Å²) in [6.07, 6.45) is 27.6. The summed E-state index contributed by atoms with van der Waals surface area (Å²) >= 11 is 0. The summed E-state index contributed by atoms with van der Waals surface area (Å²) in [7, 11) is 0. The van der Waals surface area contributed by atoms with Gasteiger partial charge in [-0.1, -0.05) is 79.8 Å². The van der Waals surface area contributed by atoms with Gasteiger partial charge < -0.3 is 14.8 Å². The molecule has 0 bridgehead atoms. The number of carbonyl (C=O) groups is 3. The topological polar surface area (TPSA) is 81.7 Å². The van der Waals surface area contributed by atoms with Gasteiger partial charge in [-0.15, -0.1) is 0 Å². The lowest BCUT2D eigenvalue weighted by Crippen LogP contribution is -2.25. The van der Waals surface area contributed by atoms with E-state index in [2.05, 4.69) is 73.0 Å². The van der Waals surface area contributed by atoms with Gasteiger partial charge in [-0.2, -0.15) is 13.2 Å². The molecule has 0 aliphatic rings. The average Bonchev–Trinajstić information content (AvgIpc) is 2.97. The number of amides is 1. The number of ether oxygens (including phenoxy) is 2. The molecule has 1 aromatic rings. The van der Waals surface area contributed by atoms with Crippen molar-refractivity contribution in [1.82, 2.24) is 5.32 Å². The summed E-state index contributed by atoms with van der Waals surface area (Å²) in [5.74, 6) is -2.47.